The lowest BCUT2D eigenvalue weighted by atomic mass is 10.2. The zero-order chi connectivity index (χ0) is 15.2. The summed E-state index contributed by atoms with van der Waals surface area (Å²) in [5, 5.41) is 22.7. The Balaban J connectivity index is 2.01. The molecule has 0 aliphatic carbocycles. The molecule has 0 heterocycles. The number of urea groups is 1. The molecule has 0 aromatic heterocycles. The molecule has 2 aromatic rings. The molecule has 0 aliphatic heterocycles. The number of carbonyl (C=O) groups excluding carboxylic acids is 1. The number of aromatic carboxylic acids is 1. The lowest BCUT2D eigenvalue weighted by Gasteiger charge is -2.08. The van der Waals surface area contributed by atoms with E-state index in [2.05, 4.69) is 10.6 Å². The van der Waals surface area contributed by atoms with Crippen molar-refractivity contribution in [3.63, 3.8) is 0 Å². The van der Waals surface area contributed by atoms with E-state index >= 15 is 0 Å². The molecule has 2 rings (SSSR count). The number of rotatable bonds is 3. The highest BCUT2D eigenvalue weighted by molar-refractivity contribution is 6.00. The molecule has 0 fully saturated rings. The normalized spacial score (nSPS) is 9.48. The Labute approximate surface area is 120 Å². The standard InChI is InChI=1S/C15H11N3O3/c16-9-10-2-1-3-13(8-10)18-15(21)17-12-6-4-11(5-7-12)14(19)20/h1-8H,(H,19,20)(H2,17,18,21). The van der Waals surface area contributed by atoms with Crippen LogP contribution in [0.3, 0.4) is 0 Å². The molecule has 6 nitrogen and oxygen atoms in total. The SMILES string of the molecule is N#Cc1cccc(NC(=O)Nc2ccc(C(=O)O)cc2)c1. The molecular weight excluding hydrogens is 270 g/mol. The Morgan fingerprint density at radius 3 is 2.29 bits per heavy atom. The fourth-order valence-corrected chi connectivity index (χ4v) is 1.66. The third-order valence-electron chi connectivity index (χ3n) is 2.64. The number of nitrogens with one attached hydrogen (secondary N) is 2. The summed E-state index contributed by atoms with van der Waals surface area (Å²) < 4.78 is 0. The number of nitrogens with zero attached hydrogens (tertiary/aromatic N) is 1. The van der Waals surface area contributed by atoms with Crippen LogP contribution in [0, 0.1) is 11.3 Å². The van der Waals surface area contributed by atoms with Gasteiger partial charge in [-0.05, 0) is 42.5 Å². The molecule has 0 saturated heterocycles. The zero-order valence-electron chi connectivity index (χ0n) is 10.8. The van der Waals surface area contributed by atoms with E-state index in [1.165, 1.54) is 24.3 Å². The molecule has 104 valence electrons. The summed E-state index contributed by atoms with van der Waals surface area (Å²) in [7, 11) is 0. The van der Waals surface area contributed by atoms with E-state index in [1.54, 1.807) is 24.3 Å². The summed E-state index contributed by atoms with van der Waals surface area (Å²) in [5.41, 5.74) is 1.55. The Morgan fingerprint density at radius 2 is 1.67 bits per heavy atom. The van der Waals surface area contributed by atoms with E-state index in [-0.39, 0.29) is 5.56 Å². The maximum Gasteiger partial charge on any atom is 0.335 e. The van der Waals surface area contributed by atoms with E-state index in [0.717, 1.165) is 0 Å². The van der Waals surface area contributed by atoms with Gasteiger partial charge in [0.25, 0.3) is 0 Å². The summed E-state index contributed by atoms with van der Waals surface area (Å²) in [6.07, 6.45) is 0. The molecule has 2 amide bonds. The molecular formula is C15H11N3O3. The molecule has 0 aliphatic rings. The molecule has 0 bridgehead atoms. The van der Waals surface area contributed by atoms with Gasteiger partial charge in [-0.25, -0.2) is 9.59 Å². The van der Waals surface area contributed by atoms with Crippen LogP contribution in [0.2, 0.25) is 0 Å². The van der Waals surface area contributed by atoms with Crippen molar-refractivity contribution in [2.24, 2.45) is 0 Å². The molecule has 6 heteroatoms. The van der Waals surface area contributed by atoms with Gasteiger partial charge in [-0.3, -0.25) is 0 Å². The van der Waals surface area contributed by atoms with Crippen molar-refractivity contribution in [3.8, 4) is 6.07 Å². The minimum atomic E-state index is -1.03. The van der Waals surface area contributed by atoms with Crippen molar-refractivity contribution in [2.75, 3.05) is 10.6 Å². The largest absolute Gasteiger partial charge is 0.478 e. The highest BCUT2D eigenvalue weighted by atomic mass is 16.4. The number of hydrogen-bond donors (Lipinski definition) is 3. The fraction of sp³-hybridized carbons (Fsp3) is 0. The number of amides is 2. The van der Waals surface area contributed by atoms with Crippen molar-refractivity contribution in [1.29, 1.82) is 5.26 Å². The smallest absolute Gasteiger partial charge is 0.335 e. The number of hydrogen-bond acceptors (Lipinski definition) is 3. The second-order valence-corrected chi connectivity index (χ2v) is 4.15. The van der Waals surface area contributed by atoms with Crippen molar-refractivity contribution in [3.05, 3.63) is 59.7 Å². The van der Waals surface area contributed by atoms with Gasteiger partial charge >= 0.3 is 12.0 Å². The monoisotopic (exact) mass is 281 g/mol. The number of carboxylic acids is 1. The van der Waals surface area contributed by atoms with Crippen LogP contribution in [-0.4, -0.2) is 17.1 Å². The van der Waals surface area contributed by atoms with Gasteiger partial charge in [0.2, 0.25) is 0 Å². The molecule has 0 spiro atoms. The van der Waals surface area contributed by atoms with Crippen molar-refractivity contribution < 1.29 is 14.7 Å². The Bertz CT molecular complexity index is 718. The van der Waals surface area contributed by atoms with Crippen molar-refractivity contribution >= 4 is 23.4 Å². The first kappa shape index (κ1) is 14.1. The predicted octanol–water partition coefficient (Wildman–Crippen LogP) is 2.90. The van der Waals surface area contributed by atoms with E-state index in [4.69, 9.17) is 10.4 Å². The average molecular weight is 281 g/mol. The maximum absolute atomic E-state index is 11.8. The number of benzene rings is 2. The Hall–Kier alpha value is -3.33. The Kier molecular flexibility index (Phi) is 4.17. The van der Waals surface area contributed by atoms with Crippen LogP contribution in [0.5, 0.6) is 0 Å². The van der Waals surface area contributed by atoms with Gasteiger partial charge in [0, 0.05) is 11.4 Å². The van der Waals surface area contributed by atoms with E-state index < -0.39 is 12.0 Å². The summed E-state index contributed by atoms with van der Waals surface area (Å²) in [6.45, 7) is 0. The van der Waals surface area contributed by atoms with E-state index in [9.17, 15) is 9.59 Å². The molecule has 2 aromatic carbocycles. The number of carboxylic acid groups (broad SMARTS) is 1. The van der Waals surface area contributed by atoms with Crippen LogP contribution in [-0.2, 0) is 0 Å². The molecule has 0 unspecified atom stereocenters. The van der Waals surface area contributed by atoms with Gasteiger partial charge in [-0.1, -0.05) is 6.07 Å². The minimum absolute atomic E-state index is 0.141. The highest BCUT2D eigenvalue weighted by Crippen LogP contribution is 2.12. The third kappa shape index (κ3) is 3.81. The molecule has 21 heavy (non-hydrogen) atoms. The first-order chi connectivity index (χ1) is 10.1. The van der Waals surface area contributed by atoms with E-state index in [0.29, 0.717) is 16.9 Å². The predicted molar refractivity (Wildman–Crippen MR) is 77.2 cm³/mol. The van der Waals surface area contributed by atoms with Crippen LogP contribution < -0.4 is 10.6 Å². The summed E-state index contributed by atoms with van der Waals surface area (Å²) >= 11 is 0. The topological polar surface area (TPSA) is 102 Å². The summed E-state index contributed by atoms with van der Waals surface area (Å²) in [6, 6.07) is 13.8. The van der Waals surface area contributed by atoms with Gasteiger partial charge in [-0.15, -0.1) is 0 Å². The molecule has 3 N–H and O–H groups in total. The number of nitriles is 1. The second kappa shape index (κ2) is 6.21. The van der Waals surface area contributed by atoms with Crippen LogP contribution >= 0.6 is 0 Å². The van der Waals surface area contributed by atoms with Gasteiger partial charge in [-0.2, -0.15) is 5.26 Å². The van der Waals surface area contributed by atoms with Gasteiger partial charge in [0.1, 0.15) is 0 Å². The first-order valence-electron chi connectivity index (χ1n) is 6.00. The van der Waals surface area contributed by atoms with Crippen molar-refractivity contribution in [2.45, 2.75) is 0 Å². The average Bonchev–Trinajstić information content (AvgIpc) is 2.47. The molecule has 0 atom stereocenters. The van der Waals surface area contributed by atoms with Crippen LogP contribution in [0.15, 0.2) is 48.5 Å². The maximum atomic E-state index is 11.8. The zero-order valence-corrected chi connectivity index (χ0v) is 10.8. The van der Waals surface area contributed by atoms with Crippen LogP contribution in [0.25, 0.3) is 0 Å². The quantitative estimate of drug-likeness (QED) is 0.804. The highest BCUT2D eigenvalue weighted by Gasteiger charge is 2.05. The third-order valence-corrected chi connectivity index (χ3v) is 2.64. The van der Waals surface area contributed by atoms with Gasteiger partial charge < -0.3 is 15.7 Å². The summed E-state index contributed by atoms with van der Waals surface area (Å²) in [5.74, 6) is -1.03. The molecule has 0 saturated carbocycles. The summed E-state index contributed by atoms with van der Waals surface area (Å²) in [4.78, 5) is 22.5. The van der Waals surface area contributed by atoms with Gasteiger partial charge in [0.05, 0.1) is 17.2 Å². The Morgan fingerprint density at radius 1 is 1.00 bits per heavy atom. The van der Waals surface area contributed by atoms with E-state index in [1.807, 2.05) is 6.07 Å². The van der Waals surface area contributed by atoms with Crippen LogP contribution in [0.4, 0.5) is 16.2 Å². The number of carbonyl (C=O) groups is 2. The number of anilines is 2. The lowest BCUT2D eigenvalue weighted by molar-refractivity contribution is 0.0697. The fourth-order valence-electron chi connectivity index (χ4n) is 1.66. The second-order valence-electron chi connectivity index (χ2n) is 4.15. The first-order valence-corrected chi connectivity index (χ1v) is 6.00. The minimum Gasteiger partial charge on any atom is -0.478 e. The van der Waals surface area contributed by atoms with Crippen molar-refractivity contribution in [1.82, 2.24) is 0 Å². The molecule has 0 radical (unpaired) electrons. The van der Waals surface area contributed by atoms with Gasteiger partial charge in [0.15, 0.2) is 0 Å². The van der Waals surface area contributed by atoms with Crippen LogP contribution in [0.1, 0.15) is 15.9 Å². The lowest BCUT2D eigenvalue weighted by Crippen LogP contribution is -2.19.